The lowest BCUT2D eigenvalue weighted by molar-refractivity contribution is 0.668. The molecule has 4 heteroatoms. The molecule has 0 spiro atoms. The Morgan fingerprint density at radius 1 is 0.316 bits per heavy atom. The first-order valence-electron chi connectivity index (χ1n) is 26.7. The van der Waals surface area contributed by atoms with Gasteiger partial charge >= 0.3 is 0 Å². The second-order valence-corrected chi connectivity index (χ2v) is 21.8. The molecular weight excluding hydrogens is 925 g/mol. The van der Waals surface area contributed by atoms with Crippen molar-refractivity contribution in [3.05, 3.63) is 259 Å². The molecule has 2 aromatic heterocycles. The fraction of sp³-hybridized carbons (Fsp3) is 0.167. The highest BCUT2D eigenvalue weighted by Crippen LogP contribution is 2.64. The van der Waals surface area contributed by atoms with Crippen LogP contribution < -0.4 is 9.80 Å². The maximum Gasteiger partial charge on any atom is 0.160 e. The van der Waals surface area contributed by atoms with Gasteiger partial charge in [-0.15, -0.1) is 0 Å². The quantitative estimate of drug-likeness (QED) is 0.152. The van der Waals surface area contributed by atoms with Gasteiger partial charge in [-0.25, -0.2) is 0 Å². The summed E-state index contributed by atoms with van der Waals surface area (Å²) in [6.45, 7) is 24.5. The Morgan fingerprint density at radius 2 is 0.711 bits per heavy atom. The molecule has 10 aromatic carbocycles. The first-order valence-corrected chi connectivity index (χ1v) is 26.7. The minimum Gasteiger partial charge on any atom is -0.455 e. The molecule has 0 amide bonds. The van der Waals surface area contributed by atoms with E-state index < -0.39 is 5.41 Å². The summed E-state index contributed by atoms with van der Waals surface area (Å²) < 4.78 is 15.0. The van der Waals surface area contributed by atoms with Crippen LogP contribution in [-0.4, -0.2) is 0 Å². The van der Waals surface area contributed by atoms with E-state index in [9.17, 15) is 0 Å². The lowest BCUT2D eigenvalue weighted by atomic mass is 9.67. The van der Waals surface area contributed by atoms with Crippen LogP contribution in [0.25, 0.3) is 55.0 Å². The van der Waals surface area contributed by atoms with Crippen LogP contribution in [0.15, 0.2) is 185 Å². The number of hydrogen-bond donors (Lipinski definition) is 0. The first-order chi connectivity index (χ1) is 36.7. The summed E-state index contributed by atoms with van der Waals surface area (Å²) >= 11 is 0. The van der Waals surface area contributed by atoms with Gasteiger partial charge in [0.25, 0.3) is 0 Å². The Labute approximate surface area is 446 Å². The van der Waals surface area contributed by atoms with Crippen LogP contribution in [0.1, 0.15) is 83.5 Å². The van der Waals surface area contributed by atoms with E-state index >= 15 is 0 Å². The first kappa shape index (κ1) is 47.1. The number of fused-ring (bicyclic) bond motifs is 11. The van der Waals surface area contributed by atoms with E-state index in [0.717, 1.165) is 111 Å². The predicted octanol–water partition coefficient (Wildman–Crippen LogP) is 20.2. The molecule has 0 aliphatic heterocycles. The molecule has 0 saturated carbocycles. The zero-order valence-corrected chi connectivity index (χ0v) is 45.5. The van der Waals surface area contributed by atoms with Crippen LogP contribution in [0, 0.1) is 76.2 Å². The largest absolute Gasteiger partial charge is 0.455 e. The Morgan fingerprint density at radius 3 is 1.20 bits per heavy atom. The van der Waals surface area contributed by atoms with E-state index in [-0.39, 0.29) is 0 Å². The van der Waals surface area contributed by atoms with Gasteiger partial charge in [-0.2, -0.15) is 0 Å². The summed E-state index contributed by atoms with van der Waals surface area (Å²) in [5, 5.41) is 4.25. The molecule has 0 atom stereocenters. The van der Waals surface area contributed by atoms with Crippen LogP contribution in [0.4, 0.5) is 34.1 Å². The van der Waals surface area contributed by atoms with Gasteiger partial charge in [0.15, 0.2) is 5.58 Å². The van der Waals surface area contributed by atoms with Crippen molar-refractivity contribution in [1.82, 2.24) is 0 Å². The van der Waals surface area contributed by atoms with Crippen molar-refractivity contribution < 1.29 is 8.83 Å². The standard InChI is InChI=1S/C72H62N2O2/c1-41-30-31-54(32-42(41)2)73(55-33-43(3)49(9)44(4)34-55)63-40-60-68(67-59-27-19-21-29-65(59)75-70(63)67)69-61(72(60,52-22-14-12-15-23-52)53-24-16-13-17-25-53)39-62(66-58-26-18-20-28-64(58)76-71(66)69)74(56-35-45(5)50(10)46(6)36-56)57-37-47(7)51(11)48(8)38-57/h12-40H,1-11H3. The van der Waals surface area contributed by atoms with Gasteiger partial charge in [0.05, 0.1) is 22.2 Å². The van der Waals surface area contributed by atoms with Crippen molar-refractivity contribution >= 4 is 78.0 Å². The second-order valence-electron chi connectivity index (χ2n) is 21.8. The molecule has 372 valence electrons. The maximum absolute atomic E-state index is 7.56. The fourth-order valence-electron chi connectivity index (χ4n) is 12.7. The average Bonchev–Trinajstić information content (AvgIpc) is 4.09. The zero-order valence-electron chi connectivity index (χ0n) is 45.5. The molecule has 0 bridgehead atoms. The predicted molar refractivity (Wildman–Crippen MR) is 320 cm³/mol. The summed E-state index contributed by atoms with van der Waals surface area (Å²) in [6, 6.07) is 65.7. The van der Waals surface area contributed by atoms with Crippen LogP contribution in [-0.2, 0) is 5.41 Å². The normalized spacial score (nSPS) is 12.8. The minimum atomic E-state index is -0.867. The smallest absolute Gasteiger partial charge is 0.160 e. The monoisotopic (exact) mass is 986 g/mol. The van der Waals surface area contributed by atoms with Crippen molar-refractivity contribution in [3.63, 3.8) is 0 Å². The molecule has 4 nitrogen and oxygen atoms in total. The van der Waals surface area contributed by atoms with Crippen molar-refractivity contribution in [1.29, 1.82) is 0 Å². The third-order valence-electron chi connectivity index (χ3n) is 17.5. The molecule has 0 radical (unpaired) electrons. The average molecular weight is 987 g/mol. The third kappa shape index (κ3) is 6.89. The van der Waals surface area contributed by atoms with E-state index in [0.29, 0.717) is 0 Å². The highest BCUT2D eigenvalue weighted by atomic mass is 16.3. The highest BCUT2D eigenvalue weighted by molar-refractivity contribution is 6.26. The van der Waals surface area contributed by atoms with Gasteiger partial charge in [0, 0.05) is 50.0 Å². The van der Waals surface area contributed by atoms with Gasteiger partial charge < -0.3 is 18.6 Å². The minimum absolute atomic E-state index is 0.822. The van der Waals surface area contributed by atoms with Gasteiger partial charge in [-0.1, -0.05) is 103 Å². The fourth-order valence-corrected chi connectivity index (χ4v) is 12.7. The number of hydrogen-bond acceptors (Lipinski definition) is 4. The third-order valence-corrected chi connectivity index (χ3v) is 17.5. The van der Waals surface area contributed by atoms with E-state index in [2.05, 4.69) is 262 Å². The summed E-state index contributed by atoms with van der Waals surface area (Å²) in [4.78, 5) is 4.97. The Balaban J connectivity index is 1.27. The number of furan rings is 2. The molecule has 1 aliphatic rings. The number of nitrogens with zero attached hydrogens (tertiary/aromatic N) is 2. The molecule has 13 rings (SSSR count). The topological polar surface area (TPSA) is 32.8 Å². The molecule has 0 fully saturated rings. The van der Waals surface area contributed by atoms with E-state index in [1.54, 1.807) is 0 Å². The molecule has 2 heterocycles. The Hall–Kier alpha value is -8.60. The van der Waals surface area contributed by atoms with Crippen LogP contribution >= 0.6 is 0 Å². The Kier molecular flexibility index (Phi) is 10.9. The van der Waals surface area contributed by atoms with Crippen molar-refractivity contribution in [2.24, 2.45) is 0 Å². The van der Waals surface area contributed by atoms with E-state index in [1.165, 1.54) is 61.2 Å². The van der Waals surface area contributed by atoms with Crippen molar-refractivity contribution in [3.8, 4) is 11.1 Å². The van der Waals surface area contributed by atoms with Crippen LogP contribution in [0.2, 0.25) is 0 Å². The molecule has 0 saturated heterocycles. The summed E-state index contributed by atoms with van der Waals surface area (Å²) in [7, 11) is 0. The number of aryl methyl sites for hydroxylation is 8. The number of rotatable bonds is 8. The summed E-state index contributed by atoms with van der Waals surface area (Å²) in [5.74, 6) is 0. The van der Waals surface area contributed by atoms with Gasteiger partial charge in [0.2, 0.25) is 0 Å². The molecule has 0 N–H and O–H groups in total. The SMILES string of the molecule is Cc1ccc(N(c2cc(C)c(C)c(C)c2)c2cc3c(c4c2oc2ccccc24)-c2c(cc(N(c4cc(C)c(C)c(C)c4)c4cc(C)c(C)c(C)c4)c4c2oc2ccccc24)C3(c2ccccc2)c2ccccc2)cc1C. The van der Waals surface area contributed by atoms with Crippen molar-refractivity contribution in [2.45, 2.75) is 81.6 Å². The number of para-hydroxylation sites is 2. The highest BCUT2D eigenvalue weighted by Gasteiger charge is 2.50. The lowest BCUT2D eigenvalue weighted by Gasteiger charge is -2.36. The lowest BCUT2D eigenvalue weighted by Crippen LogP contribution is -2.29. The molecule has 0 unspecified atom stereocenters. The summed E-state index contributed by atoms with van der Waals surface area (Å²) in [5.41, 5.74) is 29.5. The molecule has 76 heavy (non-hydrogen) atoms. The Bertz CT molecular complexity index is 4200. The summed E-state index contributed by atoms with van der Waals surface area (Å²) in [6.07, 6.45) is 0. The van der Waals surface area contributed by atoms with Crippen LogP contribution in [0.5, 0.6) is 0 Å². The zero-order chi connectivity index (χ0) is 52.5. The molecular formula is C72H62N2O2. The van der Waals surface area contributed by atoms with Crippen LogP contribution in [0.3, 0.4) is 0 Å². The van der Waals surface area contributed by atoms with Crippen molar-refractivity contribution in [2.75, 3.05) is 9.80 Å². The van der Waals surface area contributed by atoms with Gasteiger partial charge in [0.1, 0.15) is 16.7 Å². The number of anilines is 6. The van der Waals surface area contributed by atoms with Gasteiger partial charge in [-0.3, -0.25) is 0 Å². The number of benzene rings is 10. The van der Waals surface area contributed by atoms with E-state index in [4.69, 9.17) is 8.83 Å². The molecule has 1 aliphatic carbocycles. The molecule has 12 aromatic rings. The second kappa shape index (κ2) is 17.5. The van der Waals surface area contributed by atoms with Gasteiger partial charge in [-0.05, 0) is 232 Å². The maximum atomic E-state index is 7.56. The van der Waals surface area contributed by atoms with E-state index in [1.807, 2.05) is 0 Å².